The largest absolute Gasteiger partial charge is 0.497 e. The number of anilines is 1. The van der Waals surface area contributed by atoms with E-state index in [-0.39, 0.29) is 5.78 Å². The number of aromatic nitrogens is 1. The smallest absolute Gasteiger partial charge is 0.197 e. The number of fused-ring (bicyclic) bond motifs is 1. The molecule has 4 nitrogen and oxygen atoms in total. The Morgan fingerprint density at radius 1 is 1.10 bits per heavy atom. The number of hydrogen-bond acceptors (Lipinski definition) is 4. The Morgan fingerprint density at radius 3 is 2.67 bits per heavy atom. The molecule has 1 aromatic heterocycles. The lowest BCUT2D eigenvalue weighted by molar-refractivity contribution is 0.104. The van der Waals surface area contributed by atoms with Gasteiger partial charge in [0.15, 0.2) is 5.78 Å². The van der Waals surface area contributed by atoms with Crippen molar-refractivity contribution < 1.29 is 9.53 Å². The molecule has 4 heteroatoms. The van der Waals surface area contributed by atoms with Crippen LogP contribution in [0.15, 0.2) is 54.7 Å². The molecular weight excluding hydrogens is 264 g/mol. The average Bonchev–Trinajstić information content (AvgIpc) is 2.53. The van der Waals surface area contributed by atoms with Gasteiger partial charge >= 0.3 is 0 Å². The van der Waals surface area contributed by atoms with Crippen LogP contribution in [0.4, 0.5) is 5.69 Å². The molecule has 0 spiro atoms. The number of ether oxygens (including phenoxy) is 1. The number of carbonyl (C=O) groups is 1. The van der Waals surface area contributed by atoms with E-state index >= 15 is 0 Å². The van der Waals surface area contributed by atoms with Crippen LogP contribution in [-0.2, 0) is 0 Å². The molecule has 2 N–H and O–H groups in total. The van der Waals surface area contributed by atoms with Crippen LogP contribution in [0.2, 0.25) is 0 Å². The fourth-order valence-electron chi connectivity index (χ4n) is 2.31. The highest BCUT2D eigenvalue weighted by Crippen LogP contribution is 2.25. The molecule has 2 aromatic carbocycles. The monoisotopic (exact) mass is 278 g/mol. The van der Waals surface area contributed by atoms with Gasteiger partial charge in [0.05, 0.1) is 12.6 Å². The molecule has 0 amide bonds. The Bertz CT molecular complexity index is 823. The molecule has 0 saturated heterocycles. The molecule has 0 unspecified atom stereocenters. The molecule has 21 heavy (non-hydrogen) atoms. The van der Waals surface area contributed by atoms with E-state index in [1.807, 2.05) is 24.3 Å². The van der Waals surface area contributed by atoms with Gasteiger partial charge in [-0.05, 0) is 24.3 Å². The number of methoxy groups -OCH3 is 1. The summed E-state index contributed by atoms with van der Waals surface area (Å²) in [6.45, 7) is 0. The van der Waals surface area contributed by atoms with E-state index < -0.39 is 0 Å². The van der Waals surface area contributed by atoms with Crippen molar-refractivity contribution in [3.05, 3.63) is 65.9 Å². The number of pyridine rings is 1. The standard InChI is InChI=1S/C17H14N2O2/c1-21-12-7-8-13(15(18)10-12)17(20)14-6-2-4-11-5-3-9-19-16(11)14/h2-10H,18H2,1H3. The topological polar surface area (TPSA) is 65.2 Å². The second-order valence-electron chi connectivity index (χ2n) is 4.66. The first-order valence-corrected chi connectivity index (χ1v) is 6.52. The van der Waals surface area contributed by atoms with Crippen molar-refractivity contribution in [2.45, 2.75) is 0 Å². The maximum Gasteiger partial charge on any atom is 0.197 e. The number of nitrogens with two attached hydrogens (primary N) is 1. The summed E-state index contributed by atoms with van der Waals surface area (Å²) in [7, 11) is 1.56. The normalized spacial score (nSPS) is 10.5. The van der Waals surface area contributed by atoms with Crippen molar-refractivity contribution in [1.29, 1.82) is 0 Å². The summed E-state index contributed by atoms with van der Waals surface area (Å²) in [6, 6.07) is 14.4. The zero-order chi connectivity index (χ0) is 14.8. The minimum atomic E-state index is -0.139. The van der Waals surface area contributed by atoms with Crippen molar-refractivity contribution in [3.8, 4) is 5.75 Å². The predicted molar refractivity (Wildman–Crippen MR) is 82.6 cm³/mol. The van der Waals surface area contributed by atoms with Crippen LogP contribution in [-0.4, -0.2) is 17.9 Å². The summed E-state index contributed by atoms with van der Waals surface area (Å²) in [5, 5.41) is 0.926. The van der Waals surface area contributed by atoms with Gasteiger partial charge in [0, 0.05) is 34.5 Å². The summed E-state index contributed by atoms with van der Waals surface area (Å²) in [6.07, 6.45) is 1.68. The molecule has 3 rings (SSSR count). The molecule has 1 heterocycles. The Morgan fingerprint density at radius 2 is 1.90 bits per heavy atom. The Hall–Kier alpha value is -2.88. The SMILES string of the molecule is COc1ccc(C(=O)c2cccc3cccnc23)c(N)c1. The summed E-state index contributed by atoms with van der Waals surface area (Å²) in [4.78, 5) is 17.0. The van der Waals surface area contributed by atoms with E-state index in [9.17, 15) is 4.79 Å². The second kappa shape index (κ2) is 5.25. The number of rotatable bonds is 3. The summed E-state index contributed by atoms with van der Waals surface area (Å²) in [5.74, 6) is 0.486. The fraction of sp³-hybridized carbons (Fsp3) is 0.0588. The van der Waals surface area contributed by atoms with Crippen LogP contribution >= 0.6 is 0 Å². The highest BCUT2D eigenvalue weighted by Gasteiger charge is 2.16. The van der Waals surface area contributed by atoms with Crippen molar-refractivity contribution in [1.82, 2.24) is 4.98 Å². The van der Waals surface area contributed by atoms with E-state index in [4.69, 9.17) is 10.5 Å². The summed E-state index contributed by atoms with van der Waals surface area (Å²) < 4.78 is 5.10. The summed E-state index contributed by atoms with van der Waals surface area (Å²) >= 11 is 0. The first kappa shape index (κ1) is 13.1. The predicted octanol–water partition coefficient (Wildman–Crippen LogP) is 3.06. The van der Waals surface area contributed by atoms with Crippen LogP contribution in [0.1, 0.15) is 15.9 Å². The van der Waals surface area contributed by atoms with E-state index in [2.05, 4.69) is 4.98 Å². The third kappa shape index (κ3) is 2.31. The van der Waals surface area contributed by atoms with Crippen molar-refractivity contribution in [2.75, 3.05) is 12.8 Å². The molecule has 0 bridgehead atoms. The molecular formula is C17H14N2O2. The highest BCUT2D eigenvalue weighted by atomic mass is 16.5. The van der Waals surface area contributed by atoms with Gasteiger partial charge in [-0.1, -0.05) is 18.2 Å². The average molecular weight is 278 g/mol. The van der Waals surface area contributed by atoms with Crippen LogP contribution < -0.4 is 10.5 Å². The van der Waals surface area contributed by atoms with Gasteiger partial charge in [0.25, 0.3) is 0 Å². The number of nitrogen functional groups attached to an aromatic ring is 1. The number of ketones is 1. The number of carbonyl (C=O) groups excluding carboxylic acids is 1. The Balaban J connectivity index is 2.13. The molecule has 0 radical (unpaired) electrons. The number of benzene rings is 2. The maximum atomic E-state index is 12.7. The van der Waals surface area contributed by atoms with Crippen molar-refractivity contribution >= 4 is 22.4 Å². The molecule has 0 aliphatic carbocycles. The lowest BCUT2D eigenvalue weighted by Gasteiger charge is -2.08. The van der Waals surface area contributed by atoms with E-state index in [1.165, 1.54) is 0 Å². The van der Waals surface area contributed by atoms with Gasteiger partial charge in [0.2, 0.25) is 0 Å². The molecule has 0 fully saturated rings. The van der Waals surface area contributed by atoms with Crippen molar-refractivity contribution in [2.24, 2.45) is 0 Å². The van der Waals surface area contributed by atoms with Crippen LogP contribution in [0.25, 0.3) is 10.9 Å². The van der Waals surface area contributed by atoms with Crippen LogP contribution in [0, 0.1) is 0 Å². The third-order valence-corrected chi connectivity index (χ3v) is 3.38. The Kier molecular flexibility index (Phi) is 3.28. The van der Waals surface area contributed by atoms with Crippen LogP contribution in [0.5, 0.6) is 5.75 Å². The van der Waals surface area contributed by atoms with Gasteiger partial charge in [0.1, 0.15) is 5.75 Å². The molecule has 0 aliphatic rings. The quantitative estimate of drug-likeness (QED) is 0.590. The van der Waals surface area contributed by atoms with Crippen molar-refractivity contribution in [3.63, 3.8) is 0 Å². The number of para-hydroxylation sites is 1. The van der Waals surface area contributed by atoms with Crippen LogP contribution in [0.3, 0.4) is 0 Å². The first-order valence-electron chi connectivity index (χ1n) is 6.52. The molecule has 0 aliphatic heterocycles. The van der Waals surface area contributed by atoms with Gasteiger partial charge < -0.3 is 10.5 Å². The lowest BCUT2D eigenvalue weighted by Crippen LogP contribution is -2.06. The third-order valence-electron chi connectivity index (χ3n) is 3.38. The number of hydrogen-bond donors (Lipinski definition) is 1. The molecule has 3 aromatic rings. The minimum Gasteiger partial charge on any atom is -0.497 e. The van der Waals surface area contributed by atoms with E-state index in [1.54, 1.807) is 37.6 Å². The minimum absolute atomic E-state index is 0.139. The molecule has 0 atom stereocenters. The fourth-order valence-corrected chi connectivity index (χ4v) is 2.31. The zero-order valence-electron chi connectivity index (χ0n) is 11.5. The first-order chi connectivity index (χ1) is 10.2. The van der Waals surface area contributed by atoms with Gasteiger partial charge in [-0.15, -0.1) is 0 Å². The lowest BCUT2D eigenvalue weighted by atomic mass is 9.99. The van der Waals surface area contributed by atoms with Gasteiger partial charge in [-0.3, -0.25) is 9.78 Å². The van der Waals surface area contributed by atoms with E-state index in [0.717, 1.165) is 5.39 Å². The van der Waals surface area contributed by atoms with Gasteiger partial charge in [-0.25, -0.2) is 0 Å². The second-order valence-corrected chi connectivity index (χ2v) is 4.66. The Labute approximate surface area is 122 Å². The maximum absolute atomic E-state index is 12.7. The summed E-state index contributed by atoms with van der Waals surface area (Å²) in [5.41, 5.74) is 8.03. The van der Waals surface area contributed by atoms with E-state index in [0.29, 0.717) is 28.1 Å². The van der Waals surface area contributed by atoms with Gasteiger partial charge in [-0.2, -0.15) is 0 Å². The molecule has 0 saturated carbocycles. The number of nitrogens with zero attached hydrogens (tertiary/aromatic N) is 1. The molecule has 104 valence electrons. The highest BCUT2D eigenvalue weighted by molar-refractivity contribution is 6.17. The zero-order valence-corrected chi connectivity index (χ0v) is 11.5.